The van der Waals surface area contributed by atoms with Crippen LogP contribution in [0.4, 0.5) is 10.5 Å². The number of methoxy groups -OCH3 is 2. The molecule has 0 bridgehead atoms. The molecule has 0 aliphatic carbocycles. The van der Waals surface area contributed by atoms with E-state index in [2.05, 4.69) is 5.32 Å². The minimum Gasteiger partial charge on any atom is -0.497 e. The predicted molar refractivity (Wildman–Crippen MR) is 98.0 cm³/mol. The minimum absolute atomic E-state index is 0.101. The molecule has 1 heterocycles. The van der Waals surface area contributed by atoms with Gasteiger partial charge in [0.1, 0.15) is 18.1 Å². The van der Waals surface area contributed by atoms with Crippen LogP contribution in [0.1, 0.15) is 17.5 Å². The Morgan fingerprint density at radius 3 is 2.78 bits per heavy atom. The molecule has 1 aliphatic rings. The summed E-state index contributed by atoms with van der Waals surface area (Å²) < 4.78 is 20.9. The van der Waals surface area contributed by atoms with Crippen molar-refractivity contribution in [2.75, 3.05) is 19.5 Å². The van der Waals surface area contributed by atoms with E-state index in [1.165, 1.54) is 7.11 Å². The van der Waals surface area contributed by atoms with E-state index in [1.807, 2.05) is 30.3 Å². The molecule has 0 fully saturated rings. The number of esters is 1. The van der Waals surface area contributed by atoms with Gasteiger partial charge in [0.25, 0.3) is 0 Å². The molecule has 0 spiro atoms. The van der Waals surface area contributed by atoms with Crippen molar-refractivity contribution in [3.8, 4) is 11.5 Å². The summed E-state index contributed by atoms with van der Waals surface area (Å²) in [6.07, 6.45) is -0.111. The molecule has 7 heteroatoms. The number of carbonyl (C=O) groups excluding carboxylic acids is 2. The average molecular weight is 371 g/mol. The number of anilines is 1. The lowest BCUT2D eigenvalue weighted by molar-refractivity contribution is -0.149. The molecular formula is C20H21NO6. The highest BCUT2D eigenvalue weighted by molar-refractivity contribution is 5.87. The monoisotopic (exact) mass is 371 g/mol. The fourth-order valence-corrected chi connectivity index (χ4v) is 2.86. The number of fused-ring (bicyclic) bond motifs is 1. The third-order valence-corrected chi connectivity index (χ3v) is 4.24. The van der Waals surface area contributed by atoms with Gasteiger partial charge in [0.15, 0.2) is 6.10 Å². The van der Waals surface area contributed by atoms with E-state index in [-0.39, 0.29) is 6.61 Å². The maximum absolute atomic E-state index is 12.2. The lowest BCUT2D eigenvalue weighted by Crippen LogP contribution is -2.32. The van der Waals surface area contributed by atoms with E-state index in [0.29, 0.717) is 30.0 Å². The minimum atomic E-state index is -0.682. The molecule has 7 nitrogen and oxygen atoms in total. The third kappa shape index (κ3) is 4.49. The van der Waals surface area contributed by atoms with E-state index in [9.17, 15) is 9.59 Å². The third-order valence-electron chi connectivity index (χ3n) is 4.24. The predicted octanol–water partition coefficient (Wildman–Crippen LogP) is 3.31. The van der Waals surface area contributed by atoms with Crippen molar-refractivity contribution in [1.82, 2.24) is 0 Å². The topological polar surface area (TPSA) is 83.1 Å². The maximum Gasteiger partial charge on any atom is 0.412 e. The van der Waals surface area contributed by atoms with Crippen LogP contribution in [0.2, 0.25) is 0 Å². The number of benzene rings is 2. The second-order valence-electron chi connectivity index (χ2n) is 6.01. The van der Waals surface area contributed by atoms with Gasteiger partial charge in [0.05, 0.1) is 19.9 Å². The van der Waals surface area contributed by atoms with Crippen molar-refractivity contribution in [2.45, 2.75) is 25.6 Å². The van der Waals surface area contributed by atoms with Crippen LogP contribution in [0.5, 0.6) is 11.5 Å². The molecule has 0 aromatic heterocycles. The van der Waals surface area contributed by atoms with Crippen molar-refractivity contribution < 1.29 is 28.5 Å². The largest absolute Gasteiger partial charge is 0.497 e. The summed E-state index contributed by atoms with van der Waals surface area (Å²) in [4.78, 5) is 23.9. The van der Waals surface area contributed by atoms with Crippen molar-refractivity contribution in [1.29, 1.82) is 0 Å². The number of amides is 1. The zero-order valence-electron chi connectivity index (χ0n) is 15.2. The van der Waals surface area contributed by atoms with E-state index in [4.69, 9.17) is 18.9 Å². The number of ether oxygens (including phenoxy) is 4. The highest BCUT2D eigenvalue weighted by atomic mass is 16.6. The first-order valence-corrected chi connectivity index (χ1v) is 8.54. The molecule has 0 saturated heterocycles. The number of nitrogens with one attached hydrogen (secondary N) is 1. The van der Waals surface area contributed by atoms with E-state index in [0.717, 1.165) is 11.1 Å². The van der Waals surface area contributed by atoms with Crippen LogP contribution in [-0.4, -0.2) is 32.4 Å². The maximum atomic E-state index is 12.2. The number of carbonyl (C=O) groups is 2. The Kier molecular flexibility index (Phi) is 5.80. The number of para-hydroxylation sites is 1. The van der Waals surface area contributed by atoms with Gasteiger partial charge in [0.2, 0.25) is 0 Å². The molecule has 1 amide bonds. The Balaban J connectivity index is 1.65. The van der Waals surface area contributed by atoms with Gasteiger partial charge in [-0.1, -0.05) is 24.3 Å². The quantitative estimate of drug-likeness (QED) is 0.812. The Bertz CT molecular complexity index is 835. The number of hydrogen-bond donors (Lipinski definition) is 1. The normalized spacial score (nSPS) is 15.1. The van der Waals surface area contributed by atoms with Gasteiger partial charge in [-0.25, -0.2) is 9.59 Å². The van der Waals surface area contributed by atoms with Crippen LogP contribution >= 0.6 is 0 Å². The summed E-state index contributed by atoms with van der Waals surface area (Å²) in [7, 11) is 2.90. The Hall–Kier alpha value is -3.22. The van der Waals surface area contributed by atoms with Gasteiger partial charge in [0, 0.05) is 0 Å². The summed E-state index contributed by atoms with van der Waals surface area (Å²) >= 11 is 0. The molecular weight excluding hydrogens is 350 g/mol. The Morgan fingerprint density at radius 2 is 2.00 bits per heavy atom. The number of hydrogen-bond acceptors (Lipinski definition) is 6. The van der Waals surface area contributed by atoms with Crippen LogP contribution in [0, 0.1) is 0 Å². The molecule has 1 N–H and O–H groups in total. The summed E-state index contributed by atoms with van der Waals surface area (Å²) in [6, 6.07) is 12.7. The van der Waals surface area contributed by atoms with Gasteiger partial charge in [-0.15, -0.1) is 0 Å². The lowest BCUT2D eigenvalue weighted by Gasteiger charge is -2.26. The second-order valence-corrected chi connectivity index (χ2v) is 6.01. The molecule has 2 aromatic rings. The van der Waals surface area contributed by atoms with Gasteiger partial charge in [-0.2, -0.15) is 0 Å². The van der Waals surface area contributed by atoms with E-state index < -0.39 is 18.2 Å². The summed E-state index contributed by atoms with van der Waals surface area (Å²) in [5.74, 6) is 0.726. The fraction of sp³-hybridized carbons (Fsp3) is 0.300. The van der Waals surface area contributed by atoms with Crippen molar-refractivity contribution in [2.24, 2.45) is 0 Å². The van der Waals surface area contributed by atoms with Crippen LogP contribution in [0.3, 0.4) is 0 Å². The number of rotatable bonds is 5. The lowest BCUT2D eigenvalue weighted by atomic mass is 10.0. The molecule has 1 atom stereocenters. The molecule has 1 aliphatic heterocycles. The molecule has 142 valence electrons. The Labute approximate surface area is 157 Å². The first-order valence-electron chi connectivity index (χ1n) is 8.54. The average Bonchev–Trinajstić information content (AvgIpc) is 2.71. The zero-order chi connectivity index (χ0) is 19.2. The molecule has 3 rings (SSSR count). The number of aryl methyl sites for hydroxylation is 1. The first-order chi connectivity index (χ1) is 13.1. The van der Waals surface area contributed by atoms with Gasteiger partial charge < -0.3 is 18.9 Å². The smallest absolute Gasteiger partial charge is 0.412 e. The molecule has 0 saturated carbocycles. The second kappa shape index (κ2) is 8.44. The van der Waals surface area contributed by atoms with Crippen LogP contribution in [0.25, 0.3) is 0 Å². The summed E-state index contributed by atoms with van der Waals surface area (Å²) in [5, 5.41) is 2.68. The van der Waals surface area contributed by atoms with Crippen molar-refractivity contribution in [3.05, 3.63) is 53.6 Å². The van der Waals surface area contributed by atoms with Gasteiger partial charge in [-0.3, -0.25) is 5.32 Å². The van der Waals surface area contributed by atoms with Gasteiger partial charge >= 0.3 is 12.1 Å². The van der Waals surface area contributed by atoms with Crippen molar-refractivity contribution >= 4 is 17.7 Å². The van der Waals surface area contributed by atoms with Crippen LogP contribution < -0.4 is 14.8 Å². The summed E-state index contributed by atoms with van der Waals surface area (Å²) in [5.41, 5.74) is 2.18. The standard InChI is InChI=1S/C20H21NO6/c1-24-15-7-3-5-13(11-15)12-26-20(23)21-16-8-4-6-14-9-10-17(19(22)25-2)27-18(14)16/h3-8,11,17H,9-10,12H2,1-2H3,(H,21,23)/t17-/m0/s1. The van der Waals surface area contributed by atoms with E-state index in [1.54, 1.807) is 19.2 Å². The Morgan fingerprint density at radius 1 is 1.19 bits per heavy atom. The highest BCUT2D eigenvalue weighted by Crippen LogP contribution is 2.35. The SMILES string of the molecule is COC(=O)[C@@H]1CCc2cccc(NC(=O)OCc3cccc(OC)c3)c2O1. The molecule has 0 unspecified atom stereocenters. The summed E-state index contributed by atoms with van der Waals surface area (Å²) in [6.45, 7) is 0.101. The van der Waals surface area contributed by atoms with Gasteiger partial charge in [-0.05, 0) is 42.2 Å². The van der Waals surface area contributed by atoms with E-state index >= 15 is 0 Å². The molecule has 2 aromatic carbocycles. The van der Waals surface area contributed by atoms with Crippen molar-refractivity contribution in [3.63, 3.8) is 0 Å². The van der Waals surface area contributed by atoms with Crippen LogP contribution in [-0.2, 0) is 27.3 Å². The van der Waals surface area contributed by atoms with Crippen LogP contribution in [0.15, 0.2) is 42.5 Å². The molecule has 27 heavy (non-hydrogen) atoms. The highest BCUT2D eigenvalue weighted by Gasteiger charge is 2.28. The molecule has 0 radical (unpaired) electrons. The zero-order valence-corrected chi connectivity index (χ0v) is 15.2. The fourth-order valence-electron chi connectivity index (χ4n) is 2.86. The first kappa shape index (κ1) is 18.6.